The Bertz CT molecular complexity index is 692. The van der Waals surface area contributed by atoms with Gasteiger partial charge in [0.2, 0.25) is 0 Å². The fourth-order valence-electron chi connectivity index (χ4n) is 6.17. The molecule has 3 aliphatic rings. The van der Waals surface area contributed by atoms with Gasteiger partial charge in [-0.1, -0.05) is 43.7 Å². The first-order valence-corrected chi connectivity index (χ1v) is 12.2. The molecule has 0 spiro atoms. The highest BCUT2D eigenvalue weighted by Gasteiger charge is 2.41. The summed E-state index contributed by atoms with van der Waals surface area (Å²) in [6, 6.07) is 10.0. The van der Waals surface area contributed by atoms with E-state index in [0.717, 1.165) is 50.0 Å². The molecule has 5 nitrogen and oxygen atoms in total. The number of carbonyl (C=O) groups excluding carboxylic acids is 1. The summed E-state index contributed by atoms with van der Waals surface area (Å²) in [4.78, 5) is 12.1. The van der Waals surface area contributed by atoms with Crippen molar-refractivity contribution in [1.29, 1.82) is 0 Å². The van der Waals surface area contributed by atoms with Crippen LogP contribution in [-0.4, -0.2) is 36.2 Å². The third-order valence-corrected chi connectivity index (χ3v) is 7.83. The van der Waals surface area contributed by atoms with E-state index in [1.54, 1.807) is 0 Å². The number of cyclic esters (lactones) is 1. The summed E-state index contributed by atoms with van der Waals surface area (Å²) in [7, 11) is 0. The molecule has 2 aliphatic carbocycles. The lowest BCUT2D eigenvalue weighted by atomic mass is 9.60. The molecule has 4 rings (SSSR count). The molecule has 1 aromatic carbocycles. The lowest BCUT2D eigenvalue weighted by molar-refractivity contribution is -0.172. The van der Waals surface area contributed by atoms with Crippen molar-refractivity contribution in [1.82, 2.24) is 0 Å². The predicted molar refractivity (Wildman–Crippen MR) is 118 cm³/mol. The minimum absolute atomic E-state index is 0.0536. The zero-order valence-corrected chi connectivity index (χ0v) is 18.8. The number of carbonyl (C=O) groups is 1. The molecule has 31 heavy (non-hydrogen) atoms. The summed E-state index contributed by atoms with van der Waals surface area (Å²) < 4.78 is 17.2. The molecule has 1 aromatic rings. The van der Waals surface area contributed by atoms with Crippen molar-refractivity contribution >= 4 is 5.97 Å². The van der Waals surface area contributed by atoms with Crippen LogP contribution >= 0.6 is 0 Å². The predicted octanol–water partition coefficient (Wildman–Crippen LogP) is 4.86. The van der Waals surface area contributed by atoms with E-state index in [1.807, 2.05) is 30.3 Å². The third-order valence-electron chi connectivity index (χ3n) is 7.83. The van der Waals surface area contributed by atoms with Gasteiger partial charge in [0, 0.05) is 6.42 Å². The van der Waals surface area contributed by atoms with Gasteiger partial charge in [0.25, 0.3) is 0 Å². The van der Waals surface area contributed by atoms with Gasteiger partial charge in [-0.2, -0.15) is 0 Å². The van der Waals surface area contributed by atoms with Crippen molar-refractivity contribution in [3.05, 3.63) is 35.9 Å². The van der Waals surface area contributed by atoms with E-state index in [-0.39, 0.29) is 31.1 Å². The normalized spacial score (nSPS) is 35.9. The summed E-state index contributed by atoms with van der Waals surface area (Å²) in [5.41, 5.74) is 1.11. The van der Waals surface area contributed by atoms with Crippen LogP contribution < -0.4 is 0 Å². The zero-order valence-electron chi connectivity index (χ0n) is 18.8. The van der Waals surface area contributed by atoms with E-state index >= 15 is 0 Å². The largest absolute Gasteiger partial charge is 0.462 e. The number of hydrogen-bond donors (Lipinski definition) is 1. The van der Waals surface area contributed by atoms with Crippen LogP contribution in [0.4, 0.5) is 0 Å². The molecule has 3 fully saturated rings. The molecule has 7 atom stereocenters. The highest BCUT2D eigenvalue weighted by molar-refractivity contribution is 5.71. The van der Waals surface area contributed by atoms with E-state index in [9.17, 15) is 9.90 Å². The van der Waals surface area contributed by atoms with Crippen LogP contribution in [0.5, 0.6) is 0 Å². The van der Waals surface area contributed by atoms with Crippen molar-refractivity contribution in [3.63, 3.8) is 0 Å². The standard InChI is InChI=1S/C26H38O5/c1-18-7-8-20-13-21(27)9-11-25(20)24(18)12-10-22-14-23(15-26(28)31-22)30-17-29-16-19-5-3-2-4-6-19/h2-6,18,20-25,27H,7-17H2,1H3. The molecule has 1 heterocycles. The number of aliphatic hydroxyl groups excluding tert-OH is 1. The molecule has 5 heteroatoms. The number of esters is 1. The molecule has 7 unspecified atom stereocenters. The quantitative estimate of drug-likeness (QED) is 0.363. The second-order valence-corrected chi connectivity index (χ2v) is 9.98. The van der Waals surface area contributed by atoms with Gasteiger partial charge in [-0.3, -0.25) is 4.79 Å². The van der Waals surface area contributed by atoms with E-state index in [4.69, 9.17) is 14.2 Å². The maximum absolute atomic E-state index is 12.1. The average molecular weight is 431 g/mol. The highest BCUT2D eigenvalue weighted by atomic mass is 16.7. The van der Waals surface area contributed by atoms with Gasteiger partial charge in [-0.05, 0) is 67.8 Å². The molecule has 172 valence electrons. The van der Waals surface area contributed by atoms with Crippen molar-refractivity contribution in [2.24, 2.45) is 23.7 Å². The Morgan fingerprint density at radius 1 is 1.06 bits per heavy atom. The van der Waals surface area contributed by atoms with E-state index in [0.29, 0.717) is 30.8 Å². The monoisotopic (exact) mass is 430 g/mol. The number of fused-ring (bicyclic) bond motifs is 1. The lowest BCUT2D eigenvalue weighted by Gasteiger charge is -2.46. The van der Waals surface area contributed by atoms with Crippen LogP contribution in [-0.2, 0) is 25.6 Å². The summed E-state index contributed by atoms with van der Waals surface area (Å²) in [5, 5.41) is 10.1. The van der Waals surface area contributed by atoms with Gasteiger partial charge in [0.1, 0.15) is 12.9 Å². The Morgan fingerprint density at radius 3 is 2.74 bits per heavy atom. The molecule has 2 saturated carbocycles. The van der Waals surface area contributed by atoms with E-state index in [1.165, 1.54) is 12.8 Å². The Balaban J connectivity index is 1.22. The molecular formula is C26H38O5. The summed E-state index contributed by atoms with van der Waals surface area (Å²) in [6.07, 6.45) is 8.40. The summed E-state index contributed by atoms with van der Waals surface area (Å²) >= 11 is 0. The van der Waals surface area contributed by atoms with Crippen molar-refractivity contribution in [2.75, 3.05) is 6.79 Å². The smallest absolute Gasteiger partial charge is 0.308 e. The number of benzene rings is 1. The maximum Gasteiger partial charge on any atom is 0.308 e. The topological polar surface area (TPSA) is 65.0 Å². The fraction of sp³-hybridized carbons (Fsp3) is 0.731. The van der Waals surface area contributed by atoms with Crippen LogP contribution in [0.25, 0.3) is 0 Å². The molecule has 0 radical (unpaired) electrons. The summed E-state index contributed by atoms with van der Waals surface area (Å²) in [6.45, 7) is 3.10. The number of ether oxygens (including phenoxy) is 3. The molecule has 1 N–H and O–H groups in total. The second kappa shape index (κ2) is 10.9. The lowest BCUT2D eigenvalue weighted by Crippen LogP contribution is -2.40. The molecule has 0 amide bonds. The van der Waals surface area contributed by atoms with Gasteiger partial charge in [-0.15, -0.1) is 0 Å². The van der Waals surface area contributed by atoms with Crippen LogP contribution in [0.1, 0.15) is 70.3 Å². The van der Waals surface area contributed by atoms with Crippen LogP contribution in [0.3, 0.4) is 0 Å². The SMILES string of the molecule is CC1CCC2CC(O)CCC2C1CCC1CC(OCOCc2ccccc2)CC(=O)O1. The molecule has 1 aliphatic heterocycles. The Hall–Kier alpha value is -1.43. The van der Waals surface area contributed by atoms with Gasteiger partial charge < -0.3 is 19.3 Å². The second-order valence-electron chi connectivity index (χ2n) is 9.98. The molecule has 0 bridgehead atoms. The Kier molecular flexibility index (Phi) is 8.02. The van der Waals surface area contributed by atoms with Gasteiger partial charge in [-0.25, -0.2) is 0 Å². The average Bonchev–Trinajstić information content (AvgIpc) is 2.76. The first kappa shape index (κ1) is 22.8. The summed E-state index contributed by atoms with van der Waals surface area (Å²) in [5.74, 6) is 2.65. The highest BCUT2D eigenvalue weighted by Crippen LogP contribution is 2.48. The van der Waals surface area contributed by atoms with Crippen molar-refractivity contribution < 1.29 is 24.1 Å². The van der Waals surface area contributed by atoms with Gasteiger partial charge in [0.15, 0.2) is 0 Å². The molecule has 0 aromatic heterocycles. The van der Waals surface area contributed by atoms with Gasteiger partial charge in [0.05, 0.1) is 25.2 Å². The zero-order chi connectivity index (χ0) is 21.6. The Morgan fingerprint density at radius 2 is 1.90 bits per heavy atom. The Labute approximate surface area is 186 Å². The number of rotatable bonds is 8. The van der Waals surface area contributed by atoms with Gasteiger partial charge >= 0.3 is 5.97 Å². The van der Waals surface area contributed by atoms with E-state index in [2.05, 4.69) is 6.92 Å². The van der Waals surface area contributed by atoms with Crippen LogP contribution in [0, 0.1) is 23.7 Å². The minimum atomic E-state index is -0.153. The number of hydrogen-bond acceptors (Lipinski definition) is 5. The fourth-order valence-corrected chi connectivity index (χ4v) is 6.17. The number of aliphatic hydroxyl groups is 1. The third kappa shape index (κ3) is 6.30. The minimum Gasteiger partial charge on any atom is -0.462 e. The van der Waals surface area contributed by atoms with Crippen LogP contribution in [0.2, 0.25) is 0 Å². The van der Waals surface area contributed by atoms with E-state index < -0.39 is 0 Å². The maximum atomic E-state index is 12.1. The molecular weight excluding hydrogens is 392 g/mol. The van der Waals surface area contributed by atoms with Crippen molar-refractivity contribution in [2.45, 2.75) is 89.6 Å². The molecule has 1 saturated heterocycles. The first-order chi connectivity index (χ1) is 15.1. The first-order valence-electron chi connectivity index (χ1n) is 12.2. The van der Waals surface area contributed by atoms with Crippen molar-refractivity contribution in [3.8, 4) is 0 Å². The van der Waals surface area contributed by atoms with Crippen LogP contribution in [0.15, 0.2) is 30.3 Å².